The Morgan fingerprint density at radius 3 is 2.00 bits per heavy atom. The Bertz CT molecular complexity index is 848. The number of nitrogens with one attached hydrogen (secondary N) is 1. The van der Waals surface area contributed by atoms with Gasteiger partial charge in [0.25, 0.3) is 0 Å². The number of ether oxygens (including phenoxy) is 1. The second kappa shape index (κ2) is 6.97. The molecule has 7 nitrogen and oxygen atoms in total. The Morgan fingerprint density at radius 2 is 1.52 bits per heavy atom. The fraction of sp³-hybridized carbons (Fsp3) is 0.545. The summed E-state index contributed by atoms with van der Waals surface area (Å²) in [4.78, 5) is 51.7. The van der Waals surface area contributed by atoms with Crippen molar-refractivity contribution >= 4 is 29.4 Å². The standard InChI is InChI=1S/C22H28N2O5/c1-6-29-16(25)14-7-9-15(10-8-14)23-17(26)20(2)11-21(3)13-22(4,12-20)19(28)24(5)18(21)27/h7-10H,6,11-13H2,1-5H3,(H,23,26). The van der Waals surface area contributed by atoms with Crippen LogP contribution in [-0.2, 0) is 19.1 Å². The smallest absolute Gasteiger partial charge is 0.338 e. The van der Waals surface area contributed by atoms with E-state index in [2.05, 4.69) is 5.32 Å². The third-order valence-electron chi connectivity index (χ3n) is 6.18. The van der Waals surface area contributed by atoms with Gasteiger partial charge in [-0.15, -0.1) is 0 Å². The lowest BCUT2D eigenvalue weighted by molar-refractivity contribution is -0.177. The molecule has 1 aromatic carbocycles. The lowest BCUT2D eigenvalue weighted by Crippen LogP contribution is -2.63. The molecule has 2 bridgehead atoms. The summed E-state index contributed by atoms with van der Waals surface area (Å²) in [5.74, 6) is -1.10. The predicted octanol–water partition coefficient (Wildman–Crippen LogP) is 3.00. The number of carbonyl (C=O) groups excluding carboxylic acids is 4. The Hall–Kier alpha value is -2.70. The highest BCUT2D eigenvalue weighted by atomic mass is 16.5. The van der Waals surface area contributed by atoms with Crippen LogP contribution in [0, 0.1) is 16.2 Å². The maximum Gasteiger partial charge on any atom is 0.338 e. The molecule has 0 radical (unpaired) electrons. The van der Waals surface area contributed by atoms with Crippen LogP contribution < -0.4 is 5.32 Å². The van der Waals surface area contributed by atoms with E-state index >= 15 is 0 Å². The first-order valence-electron chi connectivity index (χ1n) is 9.85. The zero-order chi connectivity index (χ0) is 21.6. The first-order chi connectivity index (χ1) is 13.4. The predicted molar refractivity (Wildman–Crippen MR) is 107 cm³/mol. The molecule has 3 amide bonds. The fourth-order valence-corrected chi connectivity index (χ4v) is 5.32. The van der Waals surface area contributed by atoms with Gasteiger partial charge < -0.3 is 10.1 Å². The number of hydrogen-bond donors (Lipinski definition) is 1. The minimum Gasteiger partial charge on any atom is -0.462 e. The molecule has 2 unspecified atom stereocenters. The van der Waals surface area contributed by atoms with Crippen LogP contribution in [0.25, 0.3) is 0 Å². The number of anilines is 1. The molecule has 1 heterocycles. The van der Waals surface area contributed by atoms with Gasteiger partial charge >= 0.3 is 5.97 Å². The maximum absolute atomic E-state index is 13.2. The van der Waals surface area contributed by atoms with Crippen LogP contribution in [0.15, 0.2) is 24.3 Å². The highest BCUT2D eigenvalue weighted by molar-refractivity contribution is 6.05. The van der Waals surface area contributed by atoms with Crippen LogP contribution >= 0.6 is 0 Å². The van der Waals surface area contributed by atoms with Gasteiger partial charge in [-0.25, -0.2) is 4.79 Å². The van der Waals surface area contributed by atoms with Gasteiger partial charge in [-0.1, -0.05) is 20.8 Å². The molecule has 0 spiro atoms. The Kier molecular flexibility index (Phi) is 5.05. The van der Waals surface area contributed by atoms with Crippen molar-refractivity contribution in [3.8, 4) is 0 Å². The van der Waals surface area contributed by atoms with E-state index in [1.165, 1.54) is 11.9 Å². The number of nitrogens with zero attached hydrogens (tertiary/aromatic N) is 1. The molecule has 156 valence electrons. The molecule has 0 aromatic heterocycles. The van der Waals surface area contributed by atoms with E-state index < -0.39 is 22.2 Å². The average Bonchev–Trinajstić information content (AvgIpc) is 2.65. The number of benzene rings is 1. The second-order valence-electron chi connectivity index (χ2n) is 9.13. The number of esters is 1. The molecular formula is C22H28N2O5. The minimum atomic E-state index is -0.867. The van der Waals surface area contributed by atoms with Crippen LogP contribution in [0.1, 0.15) is 57.3 Å². The van der Waals surface area contributed by atoms with Crippen LogP contribution in [0.2, 0.25) is 0 Å². The van der Waals surface area contributed by atoms with E-state index in [1.54, 1.807) is 31.2 Å². The summed E-state index contributed by atoms with van der Waals surface area (Å²) in [6.45, 7) is 7.53. The number of amides is 3. The Labute approximate surface area is 170 Å². The maximum atomic E-state index is 13.2. The van der Waals surface area contributed by atoms with Gasteiger partial charge in [0.1, 0.15) is 0 Å². The van der Waals surface area contributed by atoms with E-state index in [4.69, 9.17) is 4.74 Å². The summed E-state index contributed by atoms with van der Waals surface area (Å²) >= 11 is 0. The fourth-order valence-electron chi connectivity index (χ4n) is 5.32. The van der Waals surface area contributed by atoms with Gasteiger partial charge in [0.2, 0.25) is 17.7 Å². The van der Waals surface area contributed by atoms with Crippen molar-refractivity contribution < 1.29 is 23.9 Å². The highest BCUT2D eigenvalue weighted by Crippen LogP contribution is 2.58. The second-order valence-corrected chi connectivity index (χ2v) is 9.13. The van der Waals surface area contributed by atoms with E-state index in [9.17, 15) is 19.2 Å². The molecule has 1 aliphatic heterocycles. The molecule has 2 aliphatic rings. The Balaban J connectivity index is 1.81. The summed E-state index contributed by atoms with van der Waals surface area (Å²) in [6, 6.07) is 6.47. The van der Waals surface area contributed by atoms with Gasteiger partial charge in [0, 0.05) is 29.0 Å². The first kappa shape index (κ1) is 21.0. The van der Waals surface area contributed by atoms with Gasteiger partial charge in [0.05, 0.1) is 12.2 Å². The van der Waals surface area contributed by atoms with Gasteiger partial charge in [-0.2, -0.15) is 0 Å². The van der Waals surface area contributed by atoms with Crippen molar-refractivity contribution in [2.45, 2.75) is 47.0 Å². The van der Waals surface area contributed by atoms with E-state index in [0.29, 0.717) is 37.1 Å². The van der Waals surface area contributed by atoms with Gasteiger partial charge in [0.15, 0.2) is 0 Å². The van der Waals surface area contributed by atoms with Crippen molar-refractivity contribution in [2.24, 2.45) is 16.2 Å². The molecule has 2 atom stereocenters. The van der Waals surface area contributed by atoms with E-state index in [-0.39, 0.29) is 17.7 Å². The third kappa shape index (κ3) is 3.54. The SMILES string of the molecule is CCOC(=O)c1ccc(NC(=O)C2(C)CC3(C)CC(C)(C2)C(=O)N(C)C3=O)cc1. The van der Waals surface area contributed by atoms with Gasteiger partial charge in [-0.05, 0) is 50.5 Å². The lowest BCUT2D eigenvalue weighted by atomic mass is 9.51. The summed E-state index contributed by atoms with van der Waals surface area (Å²) in [5.41, 5.74) is -1.42. The zero-order valence-electron chi connectivity index (χ0n) is 17.6. The number of likely N-dealkylation sites (tertiary alicyclic amines) is 1. The first-order valence-corrected chi connectivity index (χ1v) is 9.85. The molecular weight excluding hydrogens is 372 g/mol. The average molecular weight is 400 g/mol. The molecule has 1 aliphatic carbocycles. The molecule has 2 fully saturated rings. The van der Waals surface area contributed by atoms with Crippen molar-refractivity contribution in [1.29, 1.82) is 0 Å². The molecule has 29 heavy (non-hydrogen) atoms. The van der Waals surface area contributed by atoms with Crippen LogP contribution in [0.3, 0.4) is 0 Å². The number of hydrogen-bond acceptors (Lipinski definition) is 5. The number of imide groups is 1. The molecule has 1 N–H and O–H groups in total. The molecule has 1 saturated heterocycles. The summed E-state index contributed by atoms with van der Waals surface area (Å²) < 4.78 is 4.96. The third-order valence-corrected chi connectivity index (χ3v) is 6.18. The van der Waals surface area contributed by atoms with E-state index in [1.807, 2.05) is 20.8 Å². The number of carbonyl (C=O) groups is 4. The van der Waals surface area contributed by atoms with Crippen LogP contribution in [0.4, 0.5) is 5.69 Å². The van der Waals surface area contributed by atoms with Crippen molar-refractivity contribution in [2.75, 3.05) is 19.0 Å². The quantitative estimate of drug-likeness (QED) is 0.619. The molecule has 1 aromatic rings. The molecule has 7 heteroatoms. The molecule has 3 rings (SSSR count). The van der Waals surface area contributed by atoms with Crippen molar-refractivity contribution in [3.63, 3.8) is 0 Å². The number of rotatable bonds is 4. The summed E-state index contributed by atoms with van der Waals surface area (Å²) in [5, 5.41) is 2.89. The van der Waals surface area contributed by atoms with Crippen molar-refractivity contribution in [1.82, 2.24) is 4.90 Å². The summed E-state index contributed by atoms with van der Waals surface area (Å²) in [7, 11) is 1.52. The lowest BCUT2D eigenvalue weighted by Gasteiger charge is -2.55. The molecule has 1 saturated carbocycles. The van der Waals surface area contributed by atoms with Gasteiger partial charge in [-0.3, -0.25) is 19.3 Å². The summed E-state index contributed by atoms with van der Waals surface area (Å²) in [6.07, 6.45) is 1.21. The zero-order valence-corrected chi connectivity index (χ0v) is 17.6. The highest BCUT2D eigenvalue weighted by Gasteiger charge is 2.62. The number of piperidine rings is 1. The minimum absolute atomic E-state index is 0.225. The largest absolute Gasteiger partial charge is 0.462 e. The van der Waals surface area contributed by atoms with Crippen LogP contribution in [0.5, 0.6) is 0 Å². The van der Waals surface area contributed by atoms with Crippen molar-refractivity contribution in [3.05, 3.63) is 29.8 Å². The topological polar surface area (TPSA) is 92.8 Å². The number of fused-ring (bicyclic) bond motifs is 2. The van der Waals surface area contributed by atoms with Crippen LogP contribution in [-0.4, -0.2) is 42.2 Å². The normalized spacial score (nSPS) is 31.4. The van der Waals surface area contributed by atoms with E-state index in [0.717, 1.165) is 0 Å². The Morgan fingerprint density at radius 1 is 1.00 bits per heavy atom. The monoisotopic (exact) mass is 400 g/mol.